The number of hydrogen-bond acceptors (Lipinski definition) is 6. The molecular formula is C13H21N5OS. The molecule has 2 heterocycles. The van der Waals surface area contributed by atoms with Gasteiger partial charge in [0.1, 0.15) is 5.01 Å². The summed E-state index contributed by atoms with van der Waals surface area (Å²) in [4.78, 5) is 0. The number of ether oxygens (including phenoxy) is 1. The van der Waals surface area contributed by atoms with Crippen molar-refractivity contribution in [1.29, 1.82) is 0 Å². The van der Waals surface area contributed by atoms with E-state index in [-0.39, 0.29) is 0 Å². The Morgan fingerprint density at radius 3 is 2.75 bits per heavy atom. The molecule has 0 radical (unpaired) electrons. The molecule has 2 aromatic heterocycles. The minimum Gasteiger partial charge on any atom is -0.383 e. The molecular weight excluding hydrogens is 274 g/mol. The van der Waals surface area contributed by atoms with Crippen LogP contribution in [-0.4, -0.2) is 40.2 Å². The Labute approximate surface area is 123 Å². The van der Waals surface area contributed by atoms with E-state index >= 15 is 0 Å². The van der Waals surface area contributed by atoms with Crippen LogP contribution in [0.3, 0.4) is 0 Å². The SMILES string of the molecule is CCc1c(C)nn(-c2nnc(CNCCOC)s2)c1C. The van der Waals surface area contributed by atoms with E-state index in [1.54, 1.807) is 18.4 Å². The number of methoxy groups -OCH3 is 1. The number of aryl methyl sites for hydroxylation is 1. The molecule has 0 saturated heterocycles. The third-order valence-corrected chi connectivity index (χ3v) is 4.09. The van der Waals surface area contributed by atoms with Crippen LogP contribution in [0.5, 0.6) is 0 Å². The van der Waals surface area contributed by atoms with Gasteiger partial charge in [0, 0.05) is 25.9 Å². The molecule has 0 aliphatic carbocycles. The molecule has 0 aliphatic heterocycles. The lowest BCUT2D eigenvalue weighted by molar-refractivity contribution is 0.199. The van der Waals surface area contributed by atoms with Crippen LogP contribution >= 0.6 is 11.3 Å². The minimum absolute atomic E-state index is 0.697. The van der Waals surface area contributed by atoms with Crippen molar-refractivity contribution in [1.82, 2.24) is 25.3 Å². The summed E-state index contributed by atoms with van der Waals surface area (Å²) in [5, 5.41) is 18.0. The van der Waals surface area contributed by atoms with Crippen LogP contribution in [0.2, 0.25) is 0 Å². The molecule has 20 heavy (non-hydrogen) atoms. The van der Waals surface area contributed by atoms with Gasteiger partial charge in [-0.15, -0.1) is 10.2 Å². The van der Waals surface area contributed by atoms with Crippen LogP contribution < -0.4 is 5.32 Å². The van der Waals surface area contributed by atoms with Gasteiger partial charge in [0.25, 0.3) is 0 Å². The van der Waals surface area contributed by atoms with Crippen molar-refractivity contribution in [2.75, 3.05) is 20.3 Å². The predicted molar refractivity (Wildman–Crippen MR) is 79.5 cm³/mol. The van der Waals surface area contributed by atoms with E-state index < -0.39 is 0 Å². The largest absolute Gasteiger partial charge is 0.383 e. The normalized spacial score (nSPS) is 11.2. The predicted octanol–water partition coefficient (Wildman–Crippen LogP) is 1.64. The van der Waals surface area contributed by atoms with E-state index in [2.05, 4.69) is 34.5 Å². The highest BCUT2D eigenvalue weighted by Gasteiger charge is 2.14. The third kappa shape index (κ3) is 3.23. The zero-order chi connectivity index (χ0) is 14.5. The summed E-state index contributed by atoms with van der Waals surface area (Å²) in [7, 11) is 1.69. The van der Waals surface area contributed by atoms with Gasteiger partial charge in [-0.3, -0.25) is 0 Å². The van der Waals surface area contributed by atoms with Gasteiger partial charge in [0.05, 0.1) is 12.3 Å². The lowest BCUT2D eigenvalue weighted by Gasteiger charge is -2.00. The average Bonchev–Trinajstić information content (AvgIpc) is 3.00. The van der Waals surface area contributed by atoms with E-state index in [0.29, 0.717) is 13.2 Å². The van der Waals surface area contributed by atoms with Crippen molar-refractivity contribution >= 4 is 11.3 Å². The Hall–Kier alpha value is -1.31. The maximum Gasteiger partial charge on any atom is 0.233 e. The molecule has 0 unspecified atom stereocenters. The first-order valence-electron chi connectivity index (χ1n) is 6.74. The van der Waals surface area contributed by atoms with Gasteiger partial charge in [0.15, 0.2) is 0 Å². The molecule has 2 rings (SSSR count). The standard InChI is InChI=1S/C13H21N5OS/c1-5-11-9(2)17-18(10(11)3)13-16-15-12(20-13)8-14-6-7-19-4/h14H,5-8H2,1-4H3. The summed E-state index contributed by atoms with van der Waals surface area (Å²) in [6.45, 7) is 8.48. The van der Waals surface area contributed by atoms with E-state index in [1.165, 1.54) is 5.56 Å². The molecule has 0 fully saturated rings. The maximum absolute atomic E-state index is 4.99. The molecule has 2 aromatic rings. The highest BCUT2D eigenvalue weighted by Crippen LogP contribution is 2.20. The number of nitrogens with one attached hydrogen (secondary N) is 1. The Balaban J connectivity index is 2.09. The molecule has 110 valence electrons. The van der Waals surface area contributed by atoms with Gasteiger partial charge in [0.2, 0.25) is 5.13 Å². The average molecular weight is 295 g/mol. The molecule has 0 aliphatic rings. The zero-order valence-electron chi connectivity index (χ0n) is 12.4. The first-order chi connectivity index (χ1) is 9.67. The quantitative estimate of drug-likeness (QED) is 0.787. The second-order valence-corrected chi connectivity index (χ2v) is 5.60. The summed E-state index contributed by atoms with van der Waals surface area (Å²) >= 11 is 1.57. The molecule has 0 amide bonds. The van der Waals surface area contributed by atoms with Crippen LogP contribution in [-0.2, 0) is 17.7 Å². The number of hydrogen-bond donors (Lipinski definition) is 1. The fourth-order valence-corrected chi connectivity index (χ4v) is 2.96. The molecule has 1 N–H and O–H groups in total. The summed E-state index contributed by atoms with van der Waals surface area (Å²) in [6.07, 6.45) is 0.988. The van der Waals surface area contributed by atoms with Crippen molar-refractivity contribution in [2.24, 2.45) is 0 Å². The molecule has 0 spiro atoms. The van der Waals surface area contributed by atoms with Crippen LogP contribution in [0.15, 0.2) is 0 Å². The van der Waals surface area contributed by atoms with Gasteiger partial charge >= 0.3 is 0 Å². The van der Waals surface area contributed by atoms with Gasteiger partial charge < -0.3 is 10.1 Å². The molecule has 0 atom stereocenters. The minimum atomic E-state index is 0.697. The number of nitrogens with zero attached hydrogens (tertiary/aromatic N) is 4. The first kappa shape index (κ1) is 15.1. The van der Waals surface area contributed by atoms with Gasteiger partial charge in [-0.2, -0.15) is 5.10 Å². The summed E-state index contributed by atoms with van der Waals surface area (Å²) in [5.74, 6) is 0. The van der Waals surface area contributed by atoms with Gasteiger partial charge in [-0.1, -0.05) is 18.3 Å². The smallest absolute Gasteiger partial charge is 0.233 e. The highest BCUT2D eigenvalue weighted by atomic mass is 32.1. The van der Waals surface area contributed by atoms with Gasteiger partial charge in [-0.25, -0.2) is 4.68 Å². The highest BCUT2D eigenvalue weighted by molar-refractivity contribution is 7.13. The van der Waals surface area contributed by atoms with Crippen molar-refractivity contribution in [3.8, 4) is 5.13 Å². The fraction of sp³-hybridized carbons (Fsp3) is 0.615. The Bertz CT molecular complexity index is 563. The van der Waals surface area contributed by atoms with E-state index in [1.807, 2.05) is 11.6 Å². The monoisotopic (exact) mass is 295 g/mol. The molecule has 6 nitrogen and oxygen atoms in total. The summed E-state index contributed by atoms with van der Waals surface area (Å²) < 4.78 is 6.88. The summed E-state index contributed by atoms with van der Waals surface area (Å²) in [5.41, 5.74) is 3.51. The fourth-order valence-electron chi connectivity index (χ4n) is 2.14. The van der Waals surface area contributed by atoms with Crippen LogP contribution in [0.25, 0.3) is 5.13 Å². The zero-order valence-corrected chi connectivity index (χ0v) is 13.3. The van der Waals surface area contributed by atoms with Crippen molar-refractivity contribution in [3.05, 3.63) is 22.0 Å². The second kappa shape index (κ2) is 6.92. The molecule has 7 heteroatoms. The Kier molecular flexibility index (Phi) is 5.22. The molecule has 0 saturated carbocycles. The van der Waals surface area contributed by atoms with Crippen molar-refractivity contribution in [2.45, 2.75) is 33.7 Å². The number of aromatic nitrogens is 4. The summed E-state index contributed by atoms with van der Waals surface area (Å²) in [6, 6.07) is 0. The van der Waals surface area contributed by atoms with E-state index in [4.69, 9.17) is 4.74 Å². The second-order valence-electron chi connectivity index (χ2n) is 4.56. The van der Waals surface area contributed by atoms with Gasteiger partial charge in [-0.05, 0) is 25.8 Å². The first-order valence-corrected chi connectivity index (χ1v) is 7.56. The number of rotatable bonds is 7. The van der Waals surface area contributed by atoms with Crippen LogP contribution in [0.1, 0.15) is 28.9 Å². The van der Waals surface area contributed by atoms with Crippen LogP contribution in [0, 0.1) is 13.8 Å². The lowest BCUT2D eigenvalue weighted by Crippen LogP contribution is -2.18. The van der Waals surface area contributed by atoms with E-state index in [0.717, 1.165) is 34.5 Å². The van der Waals surface area contributed by atoms with Crippen LogP contribution in [0.4, 0.5) is 0 Å². The third-order valence-electron chi connectivity index (χ3n) is 3.19. The van der Waals surface area contributed by atoms with E-state index in [9.17, 15) is 0 Å². The topological polar surface area (TPSA) is 64.9 Å². The maximum atomic E-state index is 4.99. The van der Waals surface area contributed by atoms with Crippen molar-refractivity contribution < 1.29 is 4.74 Å². The Morgan fingerprint density at radius 2 is 2.10 bits per heavy atom. The Morgan fingerprint density at radius 1 is 1.30 bits per heavy atom. The molecule has 0 bridgehead atoms. The molecule has 0 aromatic carbocycles. The van der Waals surface area contributed by atoms with Crippen molar-refractivity contribution in [3.63, 3.8) is 0 Å². The lowest BCUT2D eigenvalue weighted by atomic mass is 10.1.